The average Bonchev–Trinajstić information content (AvgIpc) is 2.30. The van der Waals surface area contributed by atoms with E-state index in [1.807, 2.05) is 6.55 Å². The van der Waals surface area contributed by atoms with Crippen LogP contribution in [0.1, 0.15) is 26.7 Å². The molecule has 0 atom stereocenters. The van der Waals surface area contributed by atoms with Gasteiger partial charge in [-0.1, -0.05) is 13.8 Å². The smallest absolute Gasteiger partial charge is 0.332 e. The lowest BCUT2D eigenvalue weighted by atomic mass is 9.94. The Bertz CT molecular complexity index is 528. The van der Waals surface area contributed by atoms with Crippen molar-refractivity contribution in [2.45, 2.75) is 78.6 Å². The van der Waals surface area contributed by atoms with Gasteiger partial charge in [0.25, 0.3) is 0 Å². The van der Waals surface area contributed by atoms with Gasteiger partial charge in [-0.2, -0.15) is 0 Å². The summed E-state index contributed by atoms with van der Waals surface area (Å²) < 4.78 is 12.8. The number of rotatable bonds is 11. The molecule has 0 rings (SSSR count). The first-order valence-electron chi connectivity index (χ1n) is 9.07. The van der Waals surface area contributed by atoms with Gasteiger partial charge in [0.1, 0.15) is 0 Å². The number of hydrogen-bond donors (Lipinski definition) is 2. The molecule has 9 heteroatoms. The number of carbonyl (C=O) groups is 2. The molecule has 0 aliphatic carbocycles. The molecule has 0 unspecified atom stereocenters. The third-order valence-electron chi connectivity index (χ3n) is 3.49. The Morgan fingerprint density at radius 2 is 1.27 bits per heavy atom. The summed E-state index contributed by atoms with van der Waals surface area (Å²) in [5, 5.41) is 18.9. The van der Waals surface area contributed by atoms with Crippen molar-refractivity contribution in [3.05, 3.63) is 11.1 Å². The van der Waals surface area contributed by atoms with Gasteiger partial charge in [-0.25, -0.2) is 9.59 Å². The number of aliphatic carboxylic acids is 2. The van der Waals surface area contributed by atoms with Crippen molar-refractivity contribution < 1.29 is 28.0 Å². The minimum atomic E-state index is -2.45. The Morgan fingerprint density at radius 3 is 1.54 bits per heavy atom. The molecule has 0 amide bonds. The van der Waals surface area contributed by atoms with Crippen molar-refractivity contribution in [2.24, 2.45) is 5.92 Å². The third kappa shape index (κ3) is 9.81. The molecule has 0 aromatic heterocycles. The van der Waals surface area contributed by atoms with Crippen LogP contribution in [-0.2, 0) is 17.8 Å². The second-order valence-corrected chi connectivity index (χ2v) is 21.9. The second kappa shape index (κ2) is 9.45. The molecule has 152 valence electrons. The Hall–Kier alpha value is -0.749. The first-order valence-corrected chi connectivity index (χ1v) is 18.4. The summed E-state index contributed by atoms with van der Waals surface area (Å²) in [6.45, 7) is 18.2. The van der Waals surface area contributed by atoms with E-state index in [0.717, 1.165) is 0 Å². The first-order chi connectivity index (χ1) is 11.5. The van der Waals surface area contributed by atoms with Crippen LogP contribution in [0, 0.1) is 5.92 Å². The lowest BCUT2D eigenvalue weighted by Gasteiger charge is -2.38. The van der Waals surface area contributed by atoms with Gasteiger partial charge >= 0.3 is 20.5 Å². The fourth-order valence-electron chi connectivity index (χ4n) is 3.09. The van der Waals surface area contributed by atoms with Gasteiger partial charge in [0.15, 0.2) is 16.6 Å². The molecule has 6 nitrogen and oxygen atoms in total. The van der Waals surface area contributed by atoms with E-state index in [1.54, 1.807) is 13.8 Å². The summed E-state index contributed by atoms with van der Waals surface area (Å²) in [7, 11) is -6.08. The van der Waals surface area contributed by atoms with Crippen LogP contribution in [0.2, 0.25) is 51.9 Å². The van der Waals surface area contributed by atoms with Crippen LogP contribution in [0.3, 0.4) is 0 Å². The summed E-state index contributed by atoms with van der Waals surface area (Å²) >= 11 is 0. The van der Waals surface area contributed by atoms with Crippen molar-refractivity contribution >= 4 is 37.1 Å². The third-order valence-corrected chi connectivity index (χ3v) is 13.1. The van der Waals surface area contributed by atoms with E-state index >= 15 is 0 Å². The fraction of sp³-hybridized carbons (Fsp3) is 0.765. The Labute approximate surface area is 161 Å². The molecule has 0 saturated heterocycles. The summed E-state index contributed by atoms with van der Waals surface area (Å²) in [6.07, 6.45) is 0.755. The lowest BCUT2D eigenvalue weighted by molar-refractivity contribution is -0.136. The molecule has 0 heterocycles. The number of carboxylic acid groups (broad SMARTS) is 2. The fourth-order valence-corrected chi connectivity index (χ4v) is 15.6. The maximum atomic E-state index is 11.6. The van der Waals surface area contributed by atoms with Crippen LogP contribution >= 0.6 is 0 Å². The number of hydrogen-bond acceptors (Lipinski definition) is 4. The monoisotopic (exact) mass is 420 g/mol. The topological polar surface area (TPSA) is 93.1 Å². The van der Waals surface area contributed by atoms with E-state index in [0.29, 0.717) is 12.5 Å². The van der Waals surface area contributed by atoms with Gasteiger partial charge < -0.3 is 18.4 Å². The highest BCUT2D eigenvalue weighted by Gasteiger charge is 2.40. The quantitative estimate of drug-likeness (QED) is 0.373. The molecule has 26 heavy (non-hydrogen) atoms. The second-order valence-electron chi connectivity index (χ2n) is 9.07. The molecule has 0 aromatic carbocycles. The zero-order chi connectivity index (χ0) is 20.9. The van der Waals surface area contributed by atoms with Gasteiger partial charge in [-0.15, -0.1) is 0 Å². The molecule has 0 radical (unpaired) electrons. The van der Waals surface area contributed by atoms with Crippen LogP contribution in [0.15, 0.2) is 11.1 Å². The first kappa shape index (κ1) is 25.3. The highest BCUT2D eigenvalue weighted by atomic mass is 28.5. The van der Waals surface area contributed by atoms with Crippen LogP contribution in [0.4, 0.5) is 0 Å². The maximum absolute atomic E-state index is 11.6. The number of carboxylic acids is 2. The van der Waals surface area contributed by atoms with Crippen molar-refractivity contribution in [3.8, 4) is 0 Å². The van der Waals surface area contributed by atoms with E-state index in [1.165, 1.54) is 0 Å². The van der Waals surface area contributed by atoms with Crippen LogP contribution in [0.25, 0.3) is 0 Å². The molecule has 0 saturated carbocycles. The van der Waals surface area contributed by atoms with Gasteiger partial charge in [0.2, 0.25) is 0 Å². The lowest BCUT2D eigenvalue weighted by Crippen LogP contribution is -2.52. The van der Waals surface area contributed by atoms with E-state index in [-0.39, 0.29) is 23.5 Å². The van der Waals surface area contributed by atoms with Crippen molar-refractivity contribution in [1.82, 2.24) is 0 Å². The Kier molecular flexibility index (Phi) is 9.18. The van der Waals surface area contributed by atoms with E-state index in [9.17, 15) is 19.8 Å². The molecule has 0 spiro atoms. The molecule has 0 aliphatic heterocycles. The normalized spacial score (nSPS) is 14.4. The van der Waals surface area contributed by atoms with Gasteiger partial charge in [0.05, 0.1) is 0 Å². The molecule has 0 bridgehead atoms. The highest BCUT2D eigenvalue weighted by molar-refractivity contribution is 6.87. The van der Waals surface area contributed by atoms with Gasteiger partial charge in [-0.3, -0.25) is 0 Å². The van der Waals surface area contributed by atoms with Crippen LogP contribution in [-0.4, -0.2) is 47.3 Å². The summed E-state index contributed by atoms with van der Waals surface area (Å²) in [4.78, 5) is 23.1. The van der Waals surface area contributed by atoms with Crippen LogP contribution < -0.4 is 0 Å². The molecule has 0 aliphatic rings. The minimum absolute atomic E-state index is 0.00939. The summed E-state index contributed by atoms with van der Waals surface area (Å²) in [5.74, 6) is -2.66. The molecule has 0 aromatic rings. The Balaban J connectivity index is 5.43. The zero-order valence-corrected chi connectivity index (χ0v) is 20.7. The highest BCUT2D eigenvalue weighted by Crippen LogP contribution is 2.28. The SMILES string of the molecule is CC(C)C(C(=O)O)=C(CCC[Si](C)(O[Si](C)(C)C)O[Si](C)(C)C)C(=O)O. The van der Waals surface area contributed by atoms with E-state index < -0.39 is 37.1 Å². The minimum Gasteiger partial charge on any atom is -0.478 e. The van der Waals surface area contributed by atoms with Crippen LogP contribution in [0.5, 0.6) is 0 Å². The predicted octanol–water partition coefficient (Wildman–Crippen LogP) is 4.66. The summed E-state index contributed by atoms with van der Waals surface area (Å²) in [5.41, 5.74) is -0.0250. The zero-order valence-electron chi connectivity index (χ0n) is 17.7. The van der Waals surface area contributed by atoms with E-state index in [4.69, 9.17) is 8.23 Å². The predicted molar refractivity (Wildman–Crippen MR) is 112 cm³/mol. The van der Waals surface area contributed by atoms with Crippen molar-refractivity contribution in [3.63, 3.8) is 0 Å². The van der Waals surface area contributed by atoms with Gasteiger partial charge in [0, 0.05) is 11.1 Å². The standard InChI is InChI=1S/C17H36O6Si3/c1-13(2)15(17(20)21)14(16(18)19)11-10-12-26(9,22-24(3,4)5)23-25(6,7)8/h13H,10-12H2,1-9H3,(H,18,19)(H,20,21). The molecular weight excluding hydrogens is 384 g/mol. The maximum Gasteiger partial charge on any atom is 0.332 e. The Morgan fingerprint density at radius 1 is 0.846 bits per heavy atom. The van der Waals surface area contributed by atoms with Crippen molar-refractivity contribution in [1.29, 1.82) is 0 Å². The van der Waals surface area contributed by atoms with E-state index in [2.05, 4.69) is 39.3 Å². The molecule has 0 fully saturated rings. The molecule has 2 N–H and O–H groups in total. The van der Waals surface area contributed by atoms with Gasteiger partial charge in [-0.05, 0) is 70.6 Å². The van der Waals surface area contributed by atoms with Crippen molar-refractivity contribution in [2.75, 3.05) is 0 Å². The largest absolute Gasteiger partial charge is 0.478 e. The average molecular weight is 421 g/mol. The molecular formula is C17H36O6Si3. The summed E-state index contributed by atoms with van der Waals surface area (Å²) in [6, 6.07) is 0.656.